The zero-order chi connectivity index (χ0) is 57.8. The fourth-order valence-electron chi connectivity index (χ4n) is 12.4. The second kappa shape index (κ2) is 26.6. The van der Waals surface area contributed by atoms with Crippen LogP contribution in [0.1, 0.15) is 131 Å². The molecular weight excluding hydrogens is 1040 g/mol. The molecule has 4 saturated heterocycles. The molecule has 21 nitrogen and oxygen atoms in total. The first-order chi connectivity index (χ1) is 36.5. The Morgan fingerprint density at radius 1 is 0.949 bits per heavy atom. The first-order valence-corrected chi connectivity index (χ1v) is 29.3. The van der Waals surface area contributed by atoms with Crippen LogP contribution in [0.3, 0.4) is 0 Å². The highest BCUT2D eigenvalue weighted by Gasteiger charge is 2.53. The van der Waals surface area contributed by atoms with E-state index < -0.39 is 137 Å². The molecular formula is C55H93FN6O15S. The molecule has 6 rings (SSSR count). The topological polar surface area (TPSA) is 257 Å². The monoisotopic (exact) mass is 1130 g/mol. The van der Waals surface area contributed by atoms with Crippen LogP contribution in [0.4, 0.5) is 4.39 Å². The number of carbonyl (C=O) groups is 1. The van der Waals surface area contributed by atoms with Gasteiger partial charge in [0.15, 0.2) is 12.6 Å². The predicted octanol–water partition coefficient (Wildman–Crippen LogP) is 3.79. The van der Waals surface area contributed by atoms with E-state index in [0.717, 1.165) is 12.8 Å². The number of methoxy groups -OCH3 is 2. The van der Waals surface area contributed by atoms with E-state index in [1.165, 1.54) is 42.3 Å². The van der Waals surface area contributed by atoms with Crippen molar-refractivity contribution in [1.82, 2.24) is 29.1 Å². The van der Waals surface area contributed by atoms with Gasteiger partial charge in [-0.05, 0) is 118 Å². The fraction of sp³-hybridized carbons (Fsp3) is 0.836. The fourth-order valence-corrected chi connectivity index (χ4v) is 13.9. The van der Waals surface area contributed by atoms with Gasteiger partial charge in [0.1, 0.15) is 48.8 Å². The van der Waals surface area contributed by atoms with E-state index in [0.29, 0.717) is 50.3 Å². The number of aliphatic hydroxyl groups is 5. The molecule has 446 valence electrons. The number of hydrogen-bond donors (Lipinski definition) is 5. The van der Waals surface area contributed by atoms with Crippen molar-refractivity contribution in [2.75, 3.05) is 61.2 Å². The Labute approximate surface area is 462 Å². The molecule has 0 spiro atoms. The second-order valence-corrected chi connectivity index (χ2v) is 25.6. The van der Waals surface area contributed by atoms with E-state index in [1.54, 1.807) is 66.8 Å². The molecule has 2 aromatic rings. The van der Waals surface area contributed by atoms with Crippen molar-refractivity contribution >= 4 is 16.0 Å². The van der Waals surface area contributed by atoms with Gasteiger partial charge >= 0.3 is 5.97 Å². The summed E-state index contributed by atoms with van der Waals surface area (Å²) in [6, 6.07) is 4.27. The van der Waals surface area contributed by atoms with Gasteiger partial charge in [-0.25, -0.2) is 17.5 Å². The minimum Gasteiger partial charge on any atom is -0.459 e. The third kappa shape index (κ3) is 14.3. The lowest BCUT2D eigenvalue weighted by Crippen LogP contribution is -2.61. The summed E-state index contributed by atoms with van der Waals surface area (Å²) < 4.78 is 88.3. The van der Waals surface area contributed by atoms with Crippen molar-refractivity contribution in [2.45, 2.75) is 222 Å². The zero-order valence-corrected chi connectivity index (χ0v) is 49.3. The maximum atomic E-state index is 15.0. The number of halogens is 1. The molecule has 23 heteroatoms. The number of ether oxygens (including phenoxy) is 7. The van der Waals surface area contributed by atoms with Crippen molar-refractivity contribution in [2.24, 2.45) is 17.8 Å². The van der Waals surface area contributed by atoms with Crippen LogP contribution < -0.4 is 0 Å². The first-order valence-electron chi connectivity index (χ1n) is 27.9. The molecule has 5 heterocycles. The van der Waals surface area contributed by atoms with Crippen LogP contribution in [0.2, 0.25) is 0 Å². The van der Waals surface area contributed by atoms with E-state index >= 15 is 0 Å². The molecule has 5 N–H and O–H groups in total. The number of carbonyl (C=O) groups excluding carboxylic acids is 1. The molecule has 1 aromatic heterocycles. The van der Waals surface area contributed by atoms with E-state index in [9.17, 15) is 43.1 Å². The zero-order valence-electron chi connectivity index (χ0n) is 48.5. The largest absolute Gasteiger partial charge is 0.459 e. The van der Waals surface area contributed by atoms with Gasteiger partial charge in [0.25, 0.3) is 0 Å². The number of likely N-dealkylation sites (N-methyl/N-ethyl adjacent to an activating group) is 2. The van der Waals surface area contributed by atoms with Crippen molar-refractivity contribution in [3.05, 3.63) is 41.7 Å². The van der Waals surface area contributed by atoms with E-state index in [-0.39, 0.29) is 30.1 Å². The molecule has 4 aliphatic rings. The highest BCUT2D eigenvalue weighted by Crippen LogP contribution is 2.41. The number of rotatable bonds is 17. The molecule has 0 saturated carbocycles. The lowest BCUT2D eigenvalue weighted by atomic mass is 9.77. The molecule has 0 bridgehead atoms. The summed E-state index contributed by atoms with van der Waals surface area (Å²) in [4.78, 5) is 18.6. The predicted molar refractivity (Wildman–Crippen MR) is 286 cm³/mol. The molecule has 0 amide bonds. The Hall–Kier alpha value is -2.85. The number of cyclic esters (lactones) is 1. The normalized spacial score (nSPS) is 39.3. The van der Waals surface area contributed by atoms with Crippen LogP contribution in [-0.2, 0) is 54.4 Å². The van der Waals surface area contributed by atoms with Crippen LogP contribution in [-0.4, -0.2) is 220 Å². The van der Waals surface area contributed by atoms with Gasteiger partial charge in [-0.1, -0.05) is 38.1 Å². The molecule has 1 aromatic carbocycles. The van der Waals surface area contributed by atoms with Gasteiger partial charge in [0.05, 0.1) is 52.1 Å². The van der Waals surface area contributed by atoms with Crippen molar-refractivity contribution < 1.29 is 76.3 Å². The number of benzene rings is 1. The average Bonchev–Trinajstić information content (AvgIpc) is 4.16. The molecule has 0 unspecified atom stereocenters. The smallest absolute Gasteiger partial charge is 0.311 e. The van der Waals surface area contributed by atoms with Crippen molar-refractivity contribution in [1.29, 1.82) is 0 Å². The number of aliphatic hydroxyl groups excluding tert-OH is 3. The van der Waals surface area contributed by atoms with E-state index in [2.05, 4.69) is 10.3 Å². The van der Waals surface area contributed by atoms with Gasteiger partial charge in [-0.2, -0.15) is 4.31 Å². The number of aromatic nitrogens is 3. The molecule has 4 fully saturated rings. The lowest BCUT2D eigenvalue weighted by Gasteiger charge is -2.49. The Bertz CT molecular complexity index is 2330. The molecule has 78 heavy (non-hydrogen) atoms. The summed E-state index contributed by atoms with van der Waals surface area (Å²) >= 11 is 0. The summed E-state index contributed by atoms with van der Waals surface area (Å²) in [5, 5.41) is 68.6. The molecule has 20 atom stereocenters. The van der Waals surface area contributed by atoms with Crippen LogP contribution in [0, 0.1) is 17.8 Å². The Morgan fingerprint density at radius 2 is 1.60 bits per heavy atom. The SMILES string of the molecule is CC[C@H]1OC(=O)[C@H](C)[C@@H](O[C@H]2C[C@@](C)(OC)[C@@H](O)[C@H](C)O2)[C@H](C)[C@@H](O[C@@H]2O[C@H](C)C[C@H](N(C)CCc3cn([C@H](CF)[C@H](OC)c4ccc(S(=O)(=O)N5CCCC5)cc4)nn3)[C@H]2O)[C@](C)(O)C[C@@H](C)CN(C)[C@H](C)[C@@H](O)[C@]1(C)O. The third-order valence-corrected chi connectivity index (χ3v) is 19.3. The summed E-state index contributed by atoms with van der Waals surface area (Å²) in [6.45, 7) is 18.2. The number of nitrogens with zero attached hydrogens (tertiary/aromatic N) is 6. The molecule has 0 aliphatic carbocycles. The van der Waals surface area contributed by atoms with E-state index in [4.69, 9.17) is 33.2 Å². The van der Waals surface area contributed by atoms with Crippen LogP contribution >= 0.6 is 0 Å². The molecule has 0 radical (unpaired) electrons. The summed E-state index contributed by atoms with van der Waals surface area (Å²) in [7, 11) is 2.98. The average molecular weight is 1130 g/mol. The maximum absolute atomic E-state index is 15.0. The van der Waals surface area contributed by atoms with Crippen LogP contribution in [0.5, 0.6) is 0 Å². The van der Waals surface area contributed by atoms with Crippen molar-refractivity contribution in [3.63, 3.8) is 0 Å². The van der Waals surface area contributed by atoms with Crippen molar-refractivity contribution in [3.8, 4) is 0 Å². The van der Waals surface area contributed by atoms with Gasteiger partial charge in [0, 0.05) is 77.4 Å². The Balaban J connectivity index is 1.25. The van der Waals surface area contributed by atoms with Gasteiger partial charge in [-0.3, -0.25) is 4.79 Å². The molecule has 4 aliphatic heterocycles. The summed E-state index contributed by atoms with van der Waals surface area (Å²) in [5.41, 5.74) is -3.51. The van der Waals surface area contributed by atoms with Crippen LogP contribution in [0.25, 0.3) is 0 Å². The first kappa shape index (κ1) is 64.3. The van der Waals surface area contributed by atoms with Gasteiger partial charge < -0.3 is 68.5 Å². The number of esters is 1. The van der Waals surface area contributed by atoms with E-state index in [1.807, 2.05) is 37.7 Å². The Morgan fingerprint density at radius 3 is 2.21 bits per heavy atom. The summed E-state index contributed by atoms with van der Waals surface area (Å²) in [5.74, 6) is -2.94. The second-order valence-electron chi connectivity index (χ2n) is 23.7. The maximum Gasteiger partial charge on any atom is 0.311 e. The minimum absolute atomic E-state index is 0.0709. The Kier molecular flexibility index (Phi) is 21.9. The van der Waals surface area contributed by atoms with Gasteiger partial charge in [0.2, 0.25) is 10.0 Å². The third-order valence-electron chi connectivity index (χ3n) is 17.4. The minimum atomic E-state index is -3.64. The number of sulfonamides is 1. The standard InChI is InChI=1S/C55H93FN6O15S/c1-15-43-55(10,68)48(64)36(6)60(12)30-32(2)27-53(8,67)50(34(4)46(35(5)51(66)75-43)76-44-28-54(9,72-14)49(65)37(7)74-44)77-52-45(63)41(26-33(3)73-52)59(11)25-22-39-31-62(58-57-39)42(29-56)47(71-13)38-18-20-40(21-19-38)78(69,70)61-23-16-17-24-61/h18-21,31-37,41-50,52,63-65,67-68H,15-17,22-30H2,1-14H3/t32-,33-,34+,35-,36-,37+,41+,42-,43-,44+,45-,46+,47-,48-,49+,50-,52+,53-,54-,55-/m1/s1. The lowest BCUT2D eigenvalue weighted by molar-refractivity contribution is -0.318. The quantitative estimate of drug-likeness (QED) is 0.141. The van der Waals surface area contributed by atoms with Gasteiger partial charge in [-0.15, -0.1) is 5.10 Å². The number of alkyl halides is 1. The highest BCUT2D eigenvalue weighted by molar-refractivity contribution is 7.89. The number of hydrogen-bond acceptors (Lipinski definition) is 19. The summed E-state index contributed by atoms with van der Waals surface area (Å²) in [6.07, 6.45) is -6.89. The highest BCUT2D eigenvalue weighted by atomic mass is 32.2. The van der Waals surface area contributed by atoms with Crippen LogP contribution in [0.15, 0.2) is 35.4 Å².